The largest absolute Gasteiger partial charge is 0.345 e. The van der Waals surface area contributed by atoms with Crippen LogP contribution in [0.25, 0.3) is 0 Å². The van der Waals surface area contributed by atoms with E-state index in [1.807, 2.05) is 66.4 Å². The van der Waals surface area contributed by atoms with Gasteiger partial charge in [-0.15, -0.1) is 0 Å². The van der Waals surface area contributed by atoms with E-state index in [9.17, 15) is 4.79 Å². The fourth-order valence-electron chi connectivity index (χ4n) is 3.38. The molecule has 3 heteroatoms. The second-order valence-corrected chi connectivity index (χ2v) is 5.39. The molecule has 2 heterocycles. The van der Waals surface area contributed by atoms with Gasteiger partial charge in [0.15, 0.2) is 5.72 Å². The zero-order valence-electron chi connectivity index (χ0n) is 11.2. The fraction of sp³-hybridized carbons (Fsp3) is 0.235. The molecule has 0 N–H and O–H groups in total. The van der Waals surface area contributed by atoms with Crippen molar-refractivity contribution in [1.82, 2.24) is 4.90 Å². The van der Waals surface area contributed by atoms with Gasteiger partial charge in [0.05, 0.1) is 12.6 Å². The number of carbonyl (C=O) groups excluding carboxylic acids is 1. The maximum absolute atomic E-state index is 12.7. The zero-order valence-corrected chi connectivity index (χ0v) is 11.2. The molecule has 3 nitrogen and oxygen atoms in total. The van der Waals surface area contributed by atoms with Gasteiger partial charge in [0.2, 0.25) is 0 Å². The minimum atomic E-state index is -0.742. The second kappa shape index (κ2) is 3.93. The first-order chi connectivity index (χ1) is 9.75. The van der Waals surface area contributed by atoms with Crippen molar-refractivity contribution < 1.29 is 9.53 Å². The van der Waals surface area contributed by atoms with Crippen LogP contribution in [0.2, 0.25) is 0 Å². The minimum Gasteiger partial charge on any atom is -0.345 e. The molecule has 0 aliphatic carbocycles. The van der Waals surface area contributed by atoms with E-state index in [1.165, 1.54) is 0 Å². The first-order valence-electron chi connectivity index (χ1n) is 6.88. The summed E-state index contributed by atoms with van der Waals surface area (Å²) in [7, 11) is 0. The summed E-state index contributed by atoms with van der Waals surface area (Å²) in [5, 5.41) is 0. The van der Waals surface area contributed by atoms with Crippen LogP contribution in [0, 0.1) is 0 Å². The summed E-state index contributed by atoms with van der Waals surface area (Å²) in [6.07, 6.45) is 0. The van der Waals surface area contributed by atoms with E-state index >= 15 is 0 Å². The zero-order chi connectivity index (χ0) is 13.7. The smallest absolute Gasteiger partial charge is 0.257 e. The van der Waals surface area contributed by atoms with Gasteiger partial charge < -0.3 is 4.74 Å². The van der Waals surface area contributed by atoms with Crippen molar-refractivity contribution in [3.8, 4) is 0 Å². The van der Waals surface area contributed by atoms with Gasteiger partial charge in [0.1, 0.15) is 0 Å². The number of rotatable bonds is 1. The summed E-state index contributed by atoms with van der Waals surface area (Å²) in [4.78, 5) is 14.6. The average Bonchev–Trinajstić information content (AvgIpc) is 2.97. The maximum atomic E-state index is 12.7. The molecule has 0 aromatic heterocycles. The molecule has 1 saturated heterocycles. The van der Waals surface area contributed by atoms with Crippen LogP contribution >= 0.6 is 0 Å². The molecule has 2 aromatic carbocycles. The van der Waals surface area contributed by atoms with Gasteiger partial charge in [0, 0.05) is 16.7 Å². The van der Waals surface area contributed by atoms with E-state index < -0.39 is 5.72 Å². The van der Waals surface area contributed by atoms with Crippen molar-refractivity contribution in [3.63, 3.8) is 0 Å². The number of nitrogens with zero attached hydrogens (tertiary/aromatic N) is 1. The summed E-state index contributed by atoms with van der Waals surface area (Å²) in [6.45, 7) is 2.60. The van der Waals surface area contributed by atoms with E-state index in [-0.39, 0.29) is 11.9 Å². The van der Waals surface area contributed by atoms with Crippen molar-refractivity contribution in [3.05, 3.63) is 71.3 Å². The van der Waals surface area contributed by atoms with Crippen LogP contribution < -0.4 is 0 Å². The summed E-state index contributed by atoms with van der Waals surface area (Å²) >= 11 is 0. The Bertz CT molecular complexity index is 682. The van der Waals surface area contributed by atoms with Crippen molar-refractivity contribution in [2.45, 2.75) is 18.7 Å². The Labute approximate surface area is 117 Å². The Morgan fingerprint density at radius 3 is 2.60 bits per heavy atom. The normalized spacial score (nSPS) is 27.6. The number of benzene rings is 2. The molecule has 20 heavy (non-hydrogen) atoms. The molecule has 2 aromatic rings. The van der Waals surface area contributed by atoms with Gasteiger partial charge >= 0.3 is 0 Å². The molecule has 2 atom stereocenters. The molecule has 0 spiro atoms. The fourth-order valence-corrected chi connectivity index (χ4v) is 3.38. The molecule has 1 amide bonds. The molecule has 1 unspecified atom stereocenters. The van der Waals surface area contributed by atoms with Crippen molar-refractivity contribution >= 4 is 5.91 Å². The standard InChI is InChI=1S/C17H15NO2/c1-12-11-20-17(13-7-3-2-4-8-13)15-10-6-5-9-14(15)16(19)18(12)17/h2-10,12H,11H2,1H3/t12-,17?/m1/s1. The lowest BCUT2D eigenvalue weighted by molar-refractivity contribution is -0.0319. The molecular weight excluding hydrogens is 250 g/mol. The van der Waals surface area contributed by atoms with Gasteiger partial charge in [-0.2, -0.15) is 0 Å². The van der Waals surface area contributed by atoms with Gasteiger partial charge in [0.25, 0.3) is 5.91 Å². The summed E-state index contributed by atoms with van der Waals surface area (Å²) in [5.41, 5.74) is 1.99. The molecule has 0 radical (unpaired) electrons. The lowest BCUT2D eigenvalue weighted by Crippen LogP contribution is -2.43. The average molecular weight is 265 g/mol. The Morgan fingerprint density at radius 2 is 1.80 bits per heavy atom. The van der Waals surface area contributed by atoms with E-state index in [0.717, 1.165) is 16.7 Å². The molecule has 4 rings (SSSR count). The highest BCUT2D eigenvalue weighted by Crippen LogP contribution is 2.49. The van der Waals surface area contributed by atoms with E-state index in [2.05, 4.69) is 0 Å². The highest BCUT2D eigenvalue weighted by molar-refractivity contribution is 6.00. The number of hydrogen-bond donors (Lipinski definition) is 0. The van der Waals surface area contributed by atoms with Crippen molar-refractivity contribution in [2.75, 3.05) is 6.61 Å². The predicted molar refractivity (Wildman–Crippen MR) is 75.2 cm³/mol. The Morgan fingerprint density at radius 1 is 1.10 bits per heavy atom. The van der Waals surface area contributed by atoms with Crippen LogP contribution in [0.1, 0.15) is 28.4 Å². The van der Waals surface area contributed by atoms with Crippen LogP contribution in [0.15, 0.2) is 54.6 Å². The van der Waals surface area contributed by atoms with Crippen molar-refractivity contribution in [1.29, 1.82) is 0 Å². The molecule has 1 fully saturated rings. The monoisotopic (exact) mass is 265 g/mol. The third-order valence-corrected chi connectivity index (χ3v) is 4.22. The lowest BCUT2D eigenvalue weighted by atomic mass is 9.94. The molecule has 0 bridgehead atoms. The maximum Gasteiger partial charge on any atom is 0.257 e. The number of fused-ring (bicyclic) bond motifs is 3. The Kier molecular flexibility index (Phi) is 2.30. The Balaban J connectivity index is 2.03. The molecular formula is C17H15NO2. The molecule has 2 aliphatic heterocycles. The minimum absolute atomic E-state index is 0.0643. The van der Waals surface area contributed by atoms with Crippen LogP contribution in [0.5, 0.6) is 0 Å². The number of carbonyl (C=O) groups is 1. The number of ether oxygens (including phenoxy) is 1. The lowest BCUT2D eigenvalue weighted by Gasteiger charge is -2.33. The number of hydrogen-bond acceptors (Lipinski definition) is 2. The Hall–Kier alpha value is -2.13. The van der Waals surface area contributed by atoms with Crippen LogP contribution in [-0.4, -0.2) is 23.5 Å². The highest BCUT2D eigenvalue weighted by atomic mass is 16.5. The highest BCUT2D eigenvalue weighted by Gasteiger charge is 2.57. The van der Waals surface area contributed by atoms with E-state index in [1.54, 1.807) is 0 Å². The van der Waals surface area contributed by atoms with Gasteiger partial charge in [-0.05, 0) is 13.0 Å². The third-order valence-electron chi connectivity index (χ3n) is 4.22. The van der Waals surface area contributed by atoms with E-state index in [0.29, 0.717) is 6.61 Å². The van der Waals surface area contributed by atoms with Gasteiger partial charge in [-0.1, -0.05) is 48.5 Å². The van der Waals surface area contributed by atoms with Crippen LogP contribution in [-0.2, 0) is 10.5 Å². The summed E-state index contributed by atoms with van der Waals surface area (Å²) in [5.74, 6) is 0.0643. The molecule has 2 aliphatic rings. The SMILES string of the molecule is C[C@@H]1COC2(c3ccccc3)c3ccccc3C(=O)N12. The van der Waals surface area contributed by atoms with Gasteiger partial charge in [-0.25, -0.2) is 0 Å². The van der Waals surface area contributed by atoms with Crippen LogP contribution in [0.4, 0.5) is 0 Å². The molecule has 100 valence electrons. The summed E-state index contributed by atoms with van der Waals surface area (Å²) in [6, 6.07) is 17.8. The molecule has 0 saturated carbocycles. The van der Waals surface area contributed by atoms with E-state index in [4.69, 9.17) is 4.74 Å². The first kappa shape index (κ1) is 11.7. The quantitative estimate of drug-likeness (QED) is 0.793. The van der Waals surface area contributed by atoms with Crippen molar-refractivity contribution in [2.24, 2.45) is 0 Å². The first-order valence-corrected chi connectivity index (χ1v) is 6.88. The summed E-state index contributed by atoms with van der Waals surface area (Å²) < 4.78 is 6.16. The third kappa shape index (κ3) is 1.26. The number of amides is 1. The van der Waals surface area contributed by atoms with Gasteiger partial charge in [-0.3, -0.25) is 9.69 Å². The second-order valence-electron chi connectivity index (χ2n) is 5.39. The van der Waals surface area contributed by atoms with Crippen LogP contribution in [0.3, 0.4) is 0 Å². The topological polar surface area (TPSA) is 29.5 Å². The predicted octanol–water partition coefficient (Wildman–Crippen LogP) is 2.76.